The fourth-order valence-corrected chi connectivity index (χ4v) is 3.88. The van der Waals surface area contributed by atoms with Gasteiger partial charge in [-0.2, -0.15) is 0 Å². The van der Waals surface area contributed by atoms with E-state index in [4.69, 9.17) is 0 Å². The Kier molecular flexibility index (Phi) is 7.43. The molecule has 1 saturated heterocycles. The zero-order chi connectivity index (χ0) is 22.5. The van der Waals surface area contributed by atoms with Crippen LogP contribution in [0.1, 0.15) is 46.2 Å². The minimum absolute atomic E-state index is 0.0237. The highest BCUT2D eigenvalue weighted by atomic mass is 19.1. The van der Waals surface area contributed by atoms with E-state index in [1.54, 1.807) is 13.0 Å². The number of carbonyl (C=O) groups is 2. The first-order valence-corrected chi connectivity index (χ1v) is 10.4. The lowest BCUT2D eigenvalue weighted by molar-refractivity contribution is 0.0940. The summed E-state index contributed by atoms with van der Waals surface area (Å²) in [6.45, 7) is 8.38. The largest absolute Gasteiger partial charge is 0.489 e. The zero-order valence-corrected chi connectivity index (χ0v) is 17.7. The number of hydrogen-bond acceptors (Lipinski definition) is 6. The Hall–Kier alpha value is -2.75. The Labute approximate surface area is 181 Å². The standard InChI is InChI=1S/C22H27BFN3O4/c1-3-26-8-10-27(11-9-26)21-7-5-18(24)13-19(21)15(2)25-22(29)16-4-6-20(23(30)31)17(12-16)14-28/h4-7,12-15,30-31H,3,8-11H2,1-2H3,(H,25,29). The average Bonchev–Trinajstić information content (AvgIpc) is 2.78. The first kappa shape index (κ1) is 22.9. The summed E-state index contributed by atoms with van der Waals surface area (Å²) in [5.74, 6) is -0.822. The molecule has 31 heavy (non-hydrogen) atoms. The highest BCUT2D eigenvalue weighted by molar-refractivity contribution is 6.60. The van der Waals surface area contributed by atoms with Crippen LogP contribution < -0.4 is 15.7 Å². The van der Waals surface area contributed by atoms with Gasteiger partial charge in [-0.05, 0) is 49.3 Å². The van der Waals surface area contributed by atoms with Gasteiger partial charge in [-0.15, -0.1) is 0 Å². The van der Waals surface area contributed by atoms with Crippen molar-refractivity contribution in [3.8, 4) is 0 Å². The summed E-state index contributed by atoms with van der Waals surface area (Å²) in [5.41, 5.74) is 1.82. The number of rotatable bonds is 7. The molecular weight excluding hydrogens is 400 g/mol. The van der Waals surface area contributed by atoms with Gasteiger partial charge in [0.1, 0.15) is 12.1 Å². The topological polar surface area (TPSA) is 93.1 Å². The number of anilines is 1. The number of nitrogens with zero attached hydrogens (tertiary/aromatic N) is 2. The van der Waals surface area contributed by atoms with Crippen molar-refractivity contribution < 1.29 is 24.0 Å². The second-order valence-electron chi connectivity index (χ2n) is 7.65. The van der Waals surface area contributed by atoms with E-state index in [1.807, 2.05) is 0 Å². The fraction of sp³-hybridized carbons (Fsp3) is 0.364. The van der Waals surface area contributed by atoms with Gasteiger partial charge in [0.2, 0.25) is 0 Å². The molecule has 2 aromatic rings. The van der Waals surface area contributed by atoms with Crippen molar-refractivity contribution in [1.29, 1.82) is 0 Å². The number of amides is 1. The van der Waals surface area contributed by atoms with Crippen LogP contribution in [-0.2, 0) is 0 Å². The Morgan fingerprint density at radius 1 is 1.19 bits per heavy atom. The van der Waals surface area contributed by atoms with Crippen LogP contribution in [-0.4, -0.2) is 67.0 Å². The fourth-order valence-electron chi connectivity index (χ4n) is 3.88. The van der Waals surface area contributed by atoms with Gasteiger partial charge in [-0.3, -0.25) is 9.59 Å². The molecule has 164 valence electrons. The van der Waals surface area contributed by atoms with Crippen LogP contribution in [0.25, 0.3) is 0 Å². The van der Waals surface area contributed by atoms with E-state index in [1.165, 1.54) is 30.3 Å². The number of nitrogens with one attached hydrogen (secondary N) is 1. The lowest BCUT2D eigenvalue weighted by atomic mass is 9.77. The Balaban J connectivity index is 1.80. The van der Waals surface area contributed by atoms with Gasteiger partial charge in [-0.25, -0.2) is 4.39 Å². The van der Waals surface area contributed by atoms with E-state index in [9.17, 15) is 24.0 Å². The van der Waals surface area contributed by atoms with Crippen molar-refractivity contribution in [1.82, 2.24) is 10.2 Å². The van der Waals surface area contributed by atoms with Gasteiger partial charge >= 0.3 is 7.12 Å². The molecule has 1 amide bonds. The van der Waals surface area contributed by atoms with Gasteiger partial charge < -0.3 is 25.2 Å². The van der Waals surface area contributed by atoms with Gasteiger partial charge in [0.05, 0.1) is 6.04 Å². The minimum Gasteiger partial charge on any atom is -0.423 e. The summed E-state index contributed by atoms with van der Waals surface area (Å²) in [5, 5.41) is 21.5. The molecule has 1 unspecified atom stereocenters. The quantitative estimate of drug-likeness (QED) is 0.450. The Morgan fingerprint density at radius 3 is 2.52 bits per heavy atom. The number of halogens is 1. The summed E-state index contributed by atoms with van der Waals surface area (Å²) in [7, 11) is -1.81. The molecule has 1 aliphatic rings. The van der Waals surface area contributed by atoms with Gasteiger partial charge in [0.15, 0.2) is 0 Å². The third-order valence-electron chi connectivity index (χ3n) is 5.72. The first-order chi connectivity index (χ1) is 14.8. The van der Waals surface area contributed by atoms with Crippen molar-refractivity contribution in [2.75, 3.05) is 37.6 Å². The van der Waals surface area contributed by atoms with Crippen LogP contribution >= 0.6 is 0 Å². The molecule has 1 heterocycles. The minimum atomic E-state index is -1.81. The predicted octanol–water partition coefficient (Wildman–Crippen LogP) is 0.951. The van der Waals surface area contributed by atoms with E-state index < -0.39 is 19.1 Å². The van der Waals surface area contributed by atoms with Crippen molar-refractivity contribution >= 4 is 30.5 Å². The molecule has 0 aromatic heterocycles. The van der Waals surface area contributed by atoms with Crippen molar-refractivity contribution in [2.24, 2.45) is 0 Å². The average molecular weight is 427 g/mol. The van der Waals surface area contributed by atoms with Crippen LogP contribution in [0, 0.1) is 5.82 Å². The van der Waals surface area contributed by atoms with Crippen LogP contribution in [0.2, 0.25) is 0 Å². The third-order valence-corrected chi connectivity index (χ3v) is 5.72. The molecule has 0 aliphatic carbocycles. The number of aldehydes is 1. The molecule has 0 saturated carbocycles. The monoisotopic (exact) mass is 427 g/mol. The molecule has 0 radical (unpaired) electrons. The maximum Gasteiger partial charge on any atom is 0.489 e. The highest BCUT2D eigenvalue weighted by Crippen LogP contribution is 2.28. The second-order valence-corrected chi connectivity index (χ2v) is 7.65. The molecule has 7 nitrogen and oxygen atoms in total. The summed E-state index contributed by atoms with van der Waals surface area (Å²) >= 11 is 0. The van der Waals surface area contributed by atoms with Crippen LogP contribution in [0.5, 0.6) is 0 Å². The zero-order valence-electron chi connectivity index (χ0n) is 17.7. The third kappa shape index (κ3) is 5.30. The second kappa shape index (κ2) is 10.0. The summed E-state index contributed by atoms with van der Waals surface area (Å²) in [6, 6.07) is 8.18. The number of hydrogen-bond donors (Lipinski definition) is 3. The van der Waals surface area contributed by atoms with E-state index in [2.05, 4.69) is 22.0 Å². The molecule has 2 aromatic carbocycles. The first-order valence-electron chi connectivity index (χ1n) is 10.4. The van der Waals surface area contributed by atoms with E-state index in [0.29, 0.717) is 11.8 Å². The SMILES string of the molecule is CCN1CCN(c2ccc(F)cc2C(C)NC(=O)c2ccc(B(O)O)c(C=O)c2)CC1. The molecule has 1 aliphatic heterocycles. The van der Waals surface area contributed by atoms with Crippen molar-refractivity contribution in [2.45, 2.75) is 19.9 Å². The molecule has 1 atom stereocenters. The predicted molar refractivity (Wildman–Crippen MR) is 118 cm³/mol. The van der Waals surface area contributed by atoms with Crippen molar-refractivity contribution in [3.63, 3.8) is 0 Å². The smallest absolute Gasteiger partial charge is 0.423 e. The number of carbonyl (C=O) groups excluding carboxylic acids is 2. The molecule has 9 heteroatoms. The molecule has 0 bridgehead atoms. The molecular formula is C22H27BFN3O4. The summed E-state index contributed by atoms with van der Waals surface area (Å²) in [6.07, 6.45) is 0.468. The van der Waals surface area contributed by atoms with Gasteiger partial charge in [-0.1, -0.05) is 13.0 Å². The molecule has 3 rings (SSSR count). The molecule has 3 N–H and O–H groups in total. The molecule has 1 fully saturated rings. The van der Waals surface area contributed by atoms with E-state index in [0.717, 1.165) is 38.4 Å². The Bertz CT molecular complexity index is 948. The maximum absolute atomic E-state index is 14.0. The van der Waals surface area contributed by atoms with Gasteiger partial charge in [0, 0.05) is 48.6 Å². The Morgan fingerprint density at radius 2 is 1.90 bits per heavy atom. The van der Waals surface area contributed by atoms with Crippen molar-refractivity contribution in [3.05, 3.63) is 58.9 Å². The number of piperazine rings is 1. The molecule has 0 spiro atoms. The van der Waals surface area contributed by atoms with Crippen LogP contribution in [0.15, 0.2) is 36.4 Å². The summed E-state index contributed by atoms with van der Waals surface area (Å²) in [4.78, 5) is 28.6. The van der Waals surface area contributed by atoms with Crippen LogP contribution in [0.4, 0.5) is 10.1 Å². The maximum atomic E-state index is 14.0. The van der Waals surface area contributed by atoms with Crippen LogP contribution in [0.3, 0.4) is 0 Å². The number of likely N-dealkylation sites (N-methyl/N-ethyl adjacent to an activating group) is 1. The number of benzene rings is 2. The van der Waals surface area contributed by atoms with Gasteiger partial charge in [0.25, 0.3) is 5.91 Å². The normalized spacial score (nSPS) is 15.5. The van der Waals surface area contributed by atoms with E-state index >= 15 is 0 Å². The summed E-state index contributed by atoms with van der Waals surface area (Å²) < 4.78 is 14.0. The lowest BCUT2D eigenvalue weighted by Gasteiger charge is -2.37. The lowest BCUT2D eigenvalue weighted by Crippen LogP contribution is -2.46. The highest BCUT2D eigenvalue weighted by Gasteiger charge is 2.23. The van der Waals surface area contributed by atoms with E-state index in [-0.39, 0.29) is 22.4 Å².